The Hall–Kier alpha value is -2.36. The molecule has 22 heavy (non-hydrogen) atoms. The van der Waals surface area contributed by atoms with Crippen LogP contribution in [0.15, 0.2) is 48.1 Å². The van der Waals surface area contributed by atoms with Crippen molar-refractivity contribution in [1.82, 2.24) is 0 Å². The number of esters is 2. The minimum absolute atomic E-state index is 0.365. The minimum atomic E-state index is -1.42. The number of methoxy groups -OCH3 is 2. The van der Waals surface area contributed by atoms with Gasteiger partial charge in [0.05, 0.1) is 14.2 Å². The first-order valence-electron chi connectivity index (χ1n) is 7.18. The van der Waals surface area contributed by atoms with E-state index in [4.69, 9.17) is 9.47 Å². The molecule has 0 bridgehead atoms. The van der Waals surface area contributed by atoms with Crippen molar-refractivity contribution in [3.05, 3.63) is 53.6 Å². The summed E-state index contributed by atoms with van der Waals surface area (Å²) < 4.78 is 9.82. The number of ether oxygens (including phenoxy) is 2. The molecular weight excluding hydrogens is 280 g/mol. The van der Waals surface area contributed by atoms with Crippen LogP contribution in [0.3, 0.4) is 0 Å². The SMILES string of the molecule is C=C1CCCC(C(=O)OC)(C(=O)OC)/C1=C/c1ccccc1. The standard InChI is InChI=1S/C18H20O4/c1-13-8-7-11-18(16(19)21-2,17(20)22-3)15(13)12-14-9-5-4-6-10-14/h4-6,9-10,12H,1,7-8,11H2,2-3H3/b15-12+. The smallest absolute Gasteiger partial charge is 0.327 e. The first kappa shape index (κ1) is 16.0. The van der Waals surface area contributed by atoms with Gasteiger partial charge in [0.25, 0.3) is 0 Å². The summed E-state index contributed by atoms with van der Waals surface area (Å²) in [6.45, 7) is 4.04. The van der Waals surface area contributed by atoms with Gasteiger partial charge in [-0.05, 0) is 36.5 Å². The number of carbonyl (C=O) groups is 2. The second kappa shape index (κ2) is 6.60. The van der Waals surface area contributed by atoms with Gasteiger partial charge in [0.2, 0.25) is 0 Å². The second-order valence-corrected chi connectivity index (χ2v) is 5.31. The van der Waals surface area contributed by atoms with Gasteiger partial charge in [0.1, 0.15) is 0 Å². The molecule has 1 aliphatic carbocycles. The molecule has 4 heteroatoms. The van der Waals surface area contributed by atoms with Crippen LogP contribution in [-0.2, 0) is 19.1 Å². The van der Waals surface area contributed by atoms with Crippen molar-refractivity contribution in [3.63, 3.8) is 0 Å². The predicted octanol–water partition coefficient (Wildman–Crippen LogP) is 3.14. The number of benzene rings is 1. The zero-order valence-electron chi connectivity index (χ0n) is 12.9. The Balaban J connectivity index is 2.62. The van der Waals surface area contributed by atoms with E-state index in [0.717, 1.165) is 17.6 Å². The maximum absolute atomic E-state index is 12.4. The fourth-order valence-electron chi connectivity index (χ4n) is 2.94. The Labute approximate surface area is 130 Å². The third-order valence-electron chi connectivity index (χ3n) is 4.05. The number of carbonyl (C=O) groups excluding carboxylic acids is 2. The first-order valence-corrected chi connectivity index (χ1v) is 7.18. The first-order chi connectivity index (χ1) is 10.6. The molecule has 0 atom stereocenters. The van der Waals surface area contributed by atoms with Crippen molar-refractivity contribution >= 4 is 18.0 Å². The number of rotatable bonds is 3. The predicted molar refractivity (Wildman–Crippen MR) is 83.9 cm³/mol. The summed E-state index contributed by atoms with van der Waals surface area (Å²) in [6, 6.07) is 9.53. The molecule has 1 fully saturated rings. The molecule has 0 aliphatic heterocycles. The normalized spacial score (nSPS) is 18.8. The van der Waals surface area contributed by atoms with Gasteiger partial charge in [-0.15, -0.1) is 0 Å². The summed E-state index contributed by atoms with van der Waals surface area (Å²) in [7, 11) is 2.56. The van der Waals surface area contributed by atoms with Gasteiger partial charge < -0.3 is 9.47 Å². The van der Waals surface area contributed by atoms with Gasteiger partial charge in [-0.3, -0.25) is 9.59 Å². The lowest BCUT2D eigenvalue weighted by atomic mass is 9.67. The van der Waals surface area contributed by atoms with E-state index >= 15 is 0 Å². The van der Waals surface area contributed by atoms with E-state index < -0.39 is 17.4 Å². The van der Waals surface area contributed by atoms with Crippen LogP contribution in [0, 0.1) is 5.41 Å². The van der Waals surface area contributed by atoms with Gasteiger partial charge in [0, 0.05) is 0 Å². The zero-order chi connectivity index (χ0) is 16.2. The highest BCUT2D eigenvalue weighted by molar-refractivity contribution is 6.06. The van der Waals surface area contributed by atoms with Crippen molar-refractivity contribution in [2.24, 2.45) is 5.41 Å². The summed E-state index contributed by atoms with van der Waals surface area (Å²) in [5, 5.41) is 0. The third kappa shape index (κ3) is 2.69. The van der Waals surface area contributed by atoms with Gasteiger partial charge in [-0.1, -0.05) is 42.5 Å². The average Bonchev–Trinajstić information content (AvgIpc) is 2.56. The van der Waals surface area contributed by atoms with Crippen LogP contribution in [0.4, 0.5) is 0 Å². The largest absolute Gasteiger partial charge is 0.468 e. The van der Waals surface area contributed by atoms with E-state index in [2.05, 4.69) is 6.58 Å². The Bertz CT molecular complexity index is 597. The molecule has 116 valence electrons. The van der Waals surface area contributed by atoms with E-state index in [1.807, 2.05) is 36.4 Å². The summed E-state index contributed by atoms with van der Waals surface area (Å²) in [5.41, 5.74) is 0.835. The Kier molecular flexibility index (Phi) is 4.81. The molecule has 4 nitrogen and oxygen atoms in total. The fourth-order valence-corrected chi connectivity index (χ4v) is 2.94. The lowest BCUT2D eigenvalue weighted by Gasteiger charge is -2.35. The lowest BCUT2D eigenvalue weighted by Crippen LogP contribution is -2.45. The molecule has 0 spiro atoms. The van der Waals surface area contributed by atoms with Gasteiger partial charge in [0.15, 0.2) is 5.41 Å². The van der Waals surface area contributed by atoms with E-state index in [1.165, 1.54) is 14.2 Å². The highest BCUT2D eigenvalue weighted by Gasteiger charge is 2.53. The maximum Gasteiger partial charge on any atom is 0.327 e. The number of hydrogen-bond donors (Lipinski definition) is 0. The molecule has 0 radical (unpaired) electrons. The lowest BCUT2D eigenvalue weighted by molar-refractivity contribution is -0.166. The van der Waals surface area contributed by atoms with E-state index in [0.29, 0.717) is 18.4 Å². The van der Waals surface area contributed by atoms with Crippen LogP contribution >= 0.6 is 0 Å². The molecule has 2 rings (SSSR count). The molecule has 0 saturated heterocycles. The third-order valence-corrected chi connectivity index (χ3v) is 4.05. The quantitative estimate of drug-likeness (QED) is 0.635. The molecule has 0 amide bonds. The Morgan fingerprint density at radius 2 is 1.73 bits per heavy atom. The van der Waals surface area contributed by atoms with Gasteiger partial charge in [-0.25, -0.2) is 0 Å². The van der Waals surface area contributed by atoms with Crippen molar-refractivity contribution in [1.29, 1.82) is 0 Å². The zero-order valence-corrected chi connectivity index (χ0v) is 12.9. The average molecular weight is 300 g/mol. The molecular formula is C18H20O4. The van der Waals surface area contributed by atoms with Crippen molar-refractivity contribution in [3.8, 4) is 0 Å². The second-order valence-electron chi connectivity index (χ2n) is 5.31. The summed E-state index contributed by atoms with van der Waals surface area (Å²) in [5.74, 6) is -1.19. The van der Waals surface area contributed by atoms with Crippen molar-refractivity contribution < 1.29 is 19.1 Å². The molecule has 0 heterocycles. The van der Waals surface area contributed by atoms with Crippen LogP contribution < -0.4 is 0 Å². The molecule has 1 saturated carbocycles. The van der Waals surface area contributed by atoms with Crippen LogP contribution in [0.25, 0.3) is 6.08 Å². The number of allylic oxidation sites excluding steroid dienone is 1. The van der Waals surface area contributed by atoms with E-state index in [9.17, 15) is 9.59 Å². The summed E-state index contributed by atoms with van der Waals surface area (Å²) in [6.07, 6.45) is 3.63. The van der Waals surface area contributed by atoms with E-state index in [-0.39, 0.29) is 0 Å². The Morgan fingerprint density at radius 3 is 2.27 bits per heavy atom. The van der Waals surface area contributed by atoms with Crippen molar-refractivity contribution in [2.75, 3.05) is 14.2 Å². The van der Waals surface area contributed by atoms with Gasteiger partial charge in [-0.2, -0.15) is 0 Å². The monoisotopic (exact) mass is 300 g/mol. The minimum Gasteiger partial charge on any atom is -0.468 e. The van der Waals surface area contributed by atoms with Crippen LogP contribution in [0.2, 0.25) is 0 Å². The summed E-state index contributed by atoms with van der Waals surface area (Å²) in [4.78, 5) is 24.9. The molecule has 1 aromatic rings. The van der Waals surface area contributed by atoms with Crippen LogP contribution in [-0.4, -0.2) is 26.2 Å². The topological polar surface area (TPSA) is 52.6 Å². The van der Waals surface area contributed by atoms with Gasteiger partial charge >= 0.3 is 11.9 Å². The van der Waals surface area contributed by atoms with E-state index in [1.54, 1.807) is 0 Å². The van der Waals surface area contributed by atoms with Crippen molar-refractivity contribution in [2.45, 2.75) is 19.3 Å². The summed E-state index contributed by atoms with van der Waals surface area (Å²) >= 11 is 0. The Morgan fingerprint density at radius 1 is 1.14 bits per heavy atom. The van der Waals surface area contributed by atoms with Crippen LogP contribution in [0.5, 0.6) is 0 Å². The molecule has 1 aliphatic rings. The molecule has 0 N–H and O–H groups in total. The highest BCUT2D eigenvalue weighted by atomic mass is 16.5. The maximum atomic E-state index is 12.4. The molecule has 0 unspecified atom stereocenters. The van der Waals surface area contributed by atoms with Crippen LogP contribution in [0.1, 0.15) is 24.8 Å². The number of hydrogen-bond acceptors (Lipinski definition) is 4. The highest BCUT2D eigenvalue weighted by Crippen LogP contribution is 2.46. The molecule has 0 aromatic heterocycles. The fraction of sp³-hybridized carbons (Fsp3) is 0.333. The molecule has 1 aromatic carbocycles.